The third-order valence-electron chi connectivity index (χ3n) is 3.84. The van der Waals surface area contributed by atoms with Gasteiger partial charge in [-0.15, -0.1) is 0 Å². The van der Waals surface area contributed by atoms with Gasteiger partial charge in [0.2, 0.25) is 0 Å². The molecular formula is C16H22N2O3. The van der Waals surface area contributed by atoms with E-state index in [-0.39, 0.29) is 12.5 Å². The van der Waals surface area contributed by atoms with Crippen LogP contribution in [0.5, 0.6) is 0 Å². The quantitative estimate of drug-likeness (QED) is 0.753. The molecule has 1 aromatic rings. The summed E-state index contributed by atoms with van der Waals surface area (Å²) in [5, 5.41) is 14.4. The number of carboxylic acids is 1. The Morgan fingerprint density at radius 1 is 1.24 bits per heavy atom. The number of carbonyl (C=O) groups is 2. The highest BCUT2D eigenvalue weighted by molar-refractivity contribution is 5.89. The molecule has 0 radical (unpaired) electrons. The van der Waals surface area contributed by atoms with Crippen molar-refractivity contribution in [1.82, 2.24) is 5.32 Å². The average molecular weight is 290 g/mol. The van der Waals surface area contributed by atoms with Crippen LogP contribution in [0.3, 0.4) is 0 Å². The van der Waals surface area contributed by atoms with Gasteiger partial charge in [0.15, 0.2) is 0 Å². The molecule has 0 heterocycles. The molecular weight excluding hydrogens is 268 g/mol. The lowest BCUT2D eigenvalue weighted by molar-refractivity contribution is -0.136. The van der Waals surface area contributed by atoms with Gasteiger partial charge in [0, 0.05) is 18.7 Å². The lowest BCUT2D eigenvalue weighted by Crippen LogP contribution is -2.32. The van der Waals surface area contributed by atoms with Crippen molar-refractivity contribution in [1.29, 1.82) is 0 Å². The van der Waals surface area contributed by atoms with Gasteiger partial charge >= 0.3 is 12.0 Å². The van der Waals surface area contributed by atoms with Crippen molar-refractivity contribution < 1.29 is 14.7 Å². The van der Waals surface area contributed by atoms with Crippen molar-refractivity contribution in [2.45, 2.75) is 38.5 Å². The van der Waals surface area contributed by atoms with Crippen LogP contribution in [-0.4, -0.2) is 23.7 Å². The van der Waals surface area contributed by atoms with E-state index in [4.69, 9.17) is 5.11 Å². The molecule has 0 spiro atoms. The average Bonchev–Trinajstić information content (AvgIpc) is 2.97. The minimum Gasteiger partial charge on any atom is -0.481 e. The number of benzene rings is 1. The summed E-state index contributed by atoms with van der Waals surface area (Å²) in [6.45, 7) is 0.727. The first-order chi connectivity index (χ1) is 10.1. The van der Waals surface area contributed by atoms with Crippen molar-refractivity contribution in [2.24, 2.45) is 5.92 Å². The molecule has 5 heteroatoms. The summed E-state index contributed by atoms with van der Waals surface area (Å²) in [6, 6.07) is 7.11. The molecule has 114 valence electrons. The van der Waals surface area contributed by atoms with E-state index in [9.17, 15) is 9.59 Å². The summed E-state index contributed by atoms with van der Waals surface area (Å²) in [4.78, 5) is 22.4. The van der Waals surface area contributed by atoms with Gasteiger partial charge in [-0.1, -0.05) is 25.0 Å². The number of amides is 2. The fourth-order valence-electron chi connectivity index (χ4n) is 2.68. The van der Waals surface area contributed by atoms with E-state index >= 15 is 0 Å². The van der Waals surface area contributed by atoms with Gasteiger partial charge in [-0.05, 0) is 42.9 Å². The number of carboxylic acid groups (broad SMARTS) is 1. The minimum absolute atomic E-state index is 0.0946. The molecule has 3 N–H and O–H groups in total. The molecule has 0 saturated heterocycles. The topological polar surface area (TPSA) is 78.4 Å². The number of hydrogen-bond donors (Lipinski definition) is 3. The highest BCUT2D eigenvalue weighted by Crippen LogP contribution is 2.23. The fraction of sp³-hybridized carbons (Fsp3) is 0.500. The number of urea groups is 1. The molecule has 21 heavy (non-hydrogen) atoms. The van der Waals surface area contributed by atoms with E-state index in [1.807, 2.05) is 18.2 Å². The first-order valence-corrected chi connectivity index (χ1v) is 7.49. The second-order valence-corrected chi connectivity index (χ2v) is 5.58. The van der Waals surface area contributed by atoms with E-state index in [2.05, 4.69) is 10.6 Å². The van der Waals surface area contributed by atoms with Crippen LogP contribution in [-0.2, 0) is 11.2 Å². The lowest BCUT2D eigenvalue weighted by Gasteiger charge is -2.12. The molecule has 0 unspecified atom stereocenters. The van der Waals surface area contributed by atoms with Gasteiger partial charge in [-0.25, -0.2) is 4.79 Å². The Morgan fingerprint density at radius 3 is 2.71 bits per heavy atom. The summed E-state index contributed by atoms with van der Waals surface area (Å²) < 4.78 is 0. The second kappa shape index (κ2) is 7.67. The SMILES string of the molecule is O=C(O)CCc1cccc(NC(=O)NCC2CCCC2)c1. The Kier molecular flexibility index (Phi) is 5.60. The Labute approximate surface area is 124 Å². The molecule has 1 aliphatic rings. The van der Waals surface area contributed by atoms with Crippen LogP contribution >= 0.6 is 0 Å². The van der Waals surface area contributed by atoms with Crippen LogP contribution in [0.1, 0.15) is 37.7 Å². The Morgan fingerprint density at radius 2 is 2.00 bits per heavy atom. The predicted molar refractivity (Wildman–Crippen MR) is 81.4 cm³/mol. The zero-order valence-electron chi connectivity index (χ0n) is 12.1. The molecule has 2 rings (SSSR count). The first kappa shape index (κ1) is 15.4. The van der Waals surface area contributed by atoms with E-state index < -0.39 is 5.97 Å². The van der Waals surface area contributed by atoms with Crippen LogP contribution in [0.15, 0.2) is 24.3 Å². The minimum atomic E-state index is -0.817. The molecule has 0 atom stereocenters. The summed E-state index contributed by atoms with van der Waals surface area (Å²) in [7, 11) is 0. The first-order valence-electron chi connectivity index (χ1n) is 7.49. The summed E-state index contributed by atoms with van der Waals surface area (Å²) in [6.07, 6.45) is 5.49. The fourth-order valence-corrected chi connectivity index (χ4v) is 2.68. The largest absolute Gasteiger partial charge is 0.481 e. The Bertz CT molecular complexity index is 496. The number of aryl methyl sites for hydroxylation is 1. The zero-order chi connectivity index (χ0) is 15.1. The predicted octanol–water partition coefficient (Wildman–Crippen LogP) is 3.02. The highest BCUT2D eigenvalue weighted by Gasteiger charge is 2.15. The maximum atomic E-state index is 11.8. The van der Waals surface area contributed by atoms with E-state index in [0.717, 1.165) is 12.1 Å². The summed E-state index contributed by atoms with van der Waals surface area (Å²) in [5.41, 5.74) is 1.60. The number of aliphatic carboxylic acids is 1. The highest BCUT2D eigenvalue weighted by atomic mass is 16.4. The summed E-state index contributed by atoms with van der Waals surface area (Å²) in [5.74, 6) is -0.208. The number of anilines is 1. The molecule has 1 aliphatic carbocycles. The number of hydrogen-bond acceptors (Lipinski definition) is 2. The normalized spacial score (nSPS) is 14.9. The van der Waals surface area contributed by atoms with Gasteiger partial charge in [-0.3, -0.25) is 4.79 Å². The van der Waals surface area contributed by atoms with Crippen LogP contribution < -0.4 is 10.6 Å². The van der Waals surface area contributed by atoms with Gasteiger partial charge in [0.05, 0.1) is 0 Å². The van der Waals surface area contributed by atoms with Gasteiger partial charge in [0.25, 0.3) is 0 Å². The maximum Gasteiger partial charge on any atom is 0.319 e. The molecule has 0 aromatic heterocycles. The van der Waals surface area contributed by atoms with E-state index in [1.54, 1.807) is 6.07 Å². The molecule has 1 saturated carbocycles. The lowest BCUT2D eigenvalue weighted by atomic mass is 10.1. The second-order valence-electron chi connectivity index (χ2n) is 5.58. The van der Waals surface area contributed by atoms with Crippen LogP contribution in [0.4, 0.5) is 10.5 Å². The van der Waals surface area contributed by atoms with Crippen LogP contribution in [0.2, 0.25) is 0 Å². The monoisotopic (exact) mass is 290 g/mol. The Hall–Kier alpha value is -2.04. The van der Waals surface area contributed by atoms with Crippen molar-refractivity contribution in [3.63, 3.8) is 0 Å². The third kappa shape index (κ3) is 5.45. The number of rotatable bonds is 6. The summed E-state index contributed by atoms with van der Waals surface area (Å²) >= 11 is 0. The molecule has 5 nitrogen and oxygen atoms in total. The molecule has 0 aliphatic heterocycles. The smallest absolute Gasteiger partial charge is 0.319 e. The van der Waals surface area contributed by atoms with Gasteiger partial charge in [0.1, 0.15) is 0 Å². The van der Waals surface area contributed by atoms with Crippen molar-refractivity contribution in [2.75, 3.05) is 11.9 Å². The van der Waals surface area contributed by atoms with Crippen molar-refractivity contribution in [3.05, 3.63) is 29.8 Å². The maximum absolute atomic E-state index is 11.8. The van der Waals surface area contributed by atoms with Crippen molar-refractivity contribution >= 4 is 17.7 Å². The van der Waals surface area contributed by atoms with Crippen molar-refractivity contribution in [3.8, 4) is 0 Å². The molecule has 1 fully saturated rings. The molecule has 0 bridgehead atoms. The van der Waals surface area contributed by atoms with Crippen LogP contribution in [0, 0.1) is 5.92 Å². The third-order valence-corrected chi connectivity index (χ3v) is 3.84. The van der Waals surface area contributed by atoms with E-state index in [0.29, 0.717) is 18.0 Å². The molecule has 2 amide bonds. The number of nitrogens with one attached hydrogen (secondary N) is 2. The standard InChI is InChI=1S/C16H22N2O3/c19-15(20)9-8-12-6-3-7-14(10-12)18-16(21)17-11-13-4-1-2-5-13/h3,6-7,10,13H,1-2,4-5,8-9,11H2,(H,19,20)(H2,17,18,21). The van der Waals surface area contributed by atoms with Gasteiger partial charge < -0.3 is 15.7 Å². The van der Waals surface area contributed by atoms with E-state index in [1.165, 1.54) is 25.7 Å². The number of carbonyl (C=O) groups excluding carboxylic acids is 1. The molecule has 1 aromatic carbocycles. The van der Waals surface area contributed by atoms with Crippen LogP contribution in [0.25, 0.3) is 0 Å². The van der Waals surface area contributed by atoms with Gasteiger partial charge in [-0.2, -0.15) is 0 Å². The Balaban J connectivity index is 1.79. The zero-order valence-corrected chi connectivity index (χ0v) is 12.1.